The second-order valence-corrected chi connectivity index (χ2v) is 16.6. The summed E-state index contributed by atoms with van der Waals surface area (Å²) in [6, 6.07) is 12.7. The van der Waals surface area contributed by atoms with Crippen molar-refractivity contribution in [3.05, 3.63) is 63.7 Å². The van der Waals surface area contributed by atoms with Gasteiger partial charge in [-0.25, -0.2) is 0 Å². The first-order chi connectivity index (χ1) is 23.3. The van der Waals surface area contributed by atoms with Crippen molar-refractivity contribution in [2.75, 3.05) is 64.0 Å². The average Bonchev–Trinajstić information content (AvgIpc) is 3.09. The molecular formula is C34H45NO8S6. The molecule has 0 radical (unpaired) electrons. The van der Waals surface area contributed by atoms with Crippen LogP contribution in [0.5, 0.6) is 11.5 Å². The molecule has 9 nitrogen and oxygen atoms in total. The summed E-state index contributed by atoms with van der Waals surface area (Å²) < 4.78 is 23.5. The lowest BCUT2D eigenvalue weighted by atomic mass is 10.1. The molecule has 0 spiro atoms. The second-order valence-electron chi connectivity index (χ2n) is 11.5. The van der Waals surface area contributed by atoms with Crippen molar-refractivity contribution in [3.63, 3.8) is 0 Å². The van der Waals surface area contributed by atoms with Crippen LogP contribution in [0, 0.1) is 10.1 Å². The Morgan fingerprint density at radius 2 is 1.04 bits per heavy atom. The topological polar surface area (TPSA) is 121 Å². The van der Waals surface area contributed by atoms with Crippen LogP contribution in [0.25, 0.3) is 0 Å². The summed E-state index contributed by atoms with van der Waals surface area (Å²) in [6.45, 7) is 3.37. The van der Waals surface area contributed by atoms with E-state index in [1.165, 1.54) is 28.0 Å². The van der Waals surface area contributed by atoms with E-state index in [1.54, 1.807) is 84.4 Å². The van der Waals surface area contributed by atoms with Gasteiger partial charge < -0.3 is 29.2 Å². The number of hydrogen-bond acceptors (Lipinski definition) is 14. The standard InChI is InChI=1S/C34H45NO8S6/c1-33(36,18-40-16-25-29(46-5)12-23(44-3)13-30(25)47-6)20-42-22-9-10-27(35(38)39)28(11-22)43-21-34(2,37)19-41-17-26-31(48-7)14-24(45-4)15-32(26)49-8/h9-15,36-37H,16-21H2,1-8H3. The van der Waals surface area contributed by atoms with Gasteiger partial charge in [-0.15, -0.1) is 70.6 Å². The van der Waals surface area contributed by atoms with Crippen LogP contribution in [0.2, 0.25) is 0 Å². The Hall–Kier alpha value is -1.40. The second kappa shape index (κ2) is 20.0. The van der Waals surface area contributed by atoms with Crippen LogP contribution in [0.1, 0.15) is 25.0 Å². The van der Waals surface area contributed by atoms with Gasteiger partial charge >= 0.3 is 5.69 Å². The van der Waals surface area contributed by atoms with Crippen LogP contribution in [-0.4, -0.2) is 90.3 Å². The van der Waals surface area contributed by atoms with E-state index in [4.69, 9.17) is 18.9 Å². The molecule has 270 valence electrons. The van der Waals surface area contributed by atoms with Crippen molar-refractivity contribution in [2.24, 2.45) is 0 Å². The van der Waals surface area contributed by atoms with E-state index in [2.05, 4.69) is 24.3 Å². The first kappa shape index (κ1) is 42.0. The lowest BCUT2D eigenvalue weighted by molar-refractivity contribution is -0.386. The van der Waals surface area contributed by atoms with E-state index >= 15 is 0 Å². The maximum Gasteiger partial charge on any atom is 0.311 e. The van der Waals surface area contributed by atoms with Gasteiger partial charge in [0.1, 0.15) is 30.2 Å². The summed E-state index contributed by atoms with van der Waals surface area (Å²) in [5.74, 6) is 0.199. The molecule has 0 saturated carbocycles. The fourth-order valence-corrected chi connectivity index (χ4v) is 8.60. The summed E-state index contributed by atoms with van der Waals surface area (Å²) in [7, 11) is 0. The highest BCUT2D eigenvalue weighted by atomic mass is 32.2. The molecule has 3 aromatic rings. The van der Waals surface area contributed by atoms with Crippen molar-refractivity contribution < 1.29 is 34.1 Å². The molecule has 0 aliphatic rings. The fraction of sp³-hybridized carbons (Fsp3) is 0.471. The van der Waals surface area contributed by atoms with Gasteiger partial charge in [-0.05, 0) is 81.7 Å². The lowest BCUT2D eigenvalue weighted by Crippen LogP contribution is -2.38. The van der Waals surface area contributed by atoms with Gasteiger partial charge in [0, 0.05) is 52.6 Å². The van der Waals surface area contributed by atoms with Gasteiger partial charge in [-0.2, -0.15) is 0 Å². The minimum absolute atomic E-state index is 0.0106. The molecule has 2 unspecified atom stereocenters. The monoisotopic (exact) mass is 787 g/mol. The van der Waals surface area contributed by atoms with Gasteiger partial charge in [0.05, 0.1) is 31.4 Å². The number of thioether (sulfide) groups is 6. The number of benzene rings is 3. The van der Waals surface area contributed by atoms with Crippen LogP contribution in [0.4, 0.5) is 5.69 Å². The van der Waals surface area contributed by atoms with Gasteiger partial charge in [0.25, 0.3) is 0 Å². The summed E-state index contributed by atoms with van der Waals surface area (Å²) >= 11 is 9.97. The molecule has 0 fully saturated rings. The first-order valence-corrected chi connectivity index (χ1v) is 22.4. The normalized spacial score (nSPS) is 13.9. The van der Waals surface area contributed by atoms with E-state index < -0.39 is 16.1 Å². The zero-order chi connectivity index (χ0) is 36.2. The van der Waals surface area contributed by atoms with Gasteiger partial charge in [-0.1, -0.05) is 0 Å². The molecule has 0 saturated heterocycles. The Morgan fingerprint density at radius 3 is 1.41 bits per heavy atom. The predicted molar refractivity (Wildman–Crippen MR) is 208 cm³/mol. The molecule has 15 heteroatoms. The highest BCUT2D eigenvalue weighted by Crippen LogP contribution is 2.37. The van der Waals surface area contributed by atoms with Gasteiger partial charge in [0.2, 0.25) is 5.75 Å². The zero-order valence-corrected chi connectivity index (χ0v) is 33.9. The number of nitro groups is 1. The molecular weight excluding hydrogens is 743 g/mol. The van der Waals surface area contributed by atoms with Crippen LogP contribution in [0.3, 0.4) is 0 Å². The largest absolute Gasteiger partial charge is 0.490 e. The Kier molecular flexibility index (Phi) is 17.2. The van der Waals surface area contributed by atoms with Crippen molar-refractivity contribution in [1.29, 1.82) is 0 Å². The number of ether oxygens (including phenoxy) is 4. The van der Waals surface area contributed by atoms with Gasteiger partial charge in [0.15, 0.2) is 0 Å². The van der Waals surface area contributed by atoms with Crippen molar-refractivity contribution >= 4 is 76.3 Å². The molecule has 0 heterocycles. The molecule has 0 aliphatic carbocycles. The number of nitro benzene ring substituents is 1. The molecule has 2 N–H and O–H groups in total. The summed E-state index contributed by atoms with van der Waals surface area (Å²) in [5, 5.41) is 33.8. The molecule has 0 aromatic heterocycles. The molecule has 0 amide bonds. The molecule has 3 aromatic carbocycles. The van der Waals surface area contributed by atoms with Crippen LogP contribution in [0.15, 0.2) is 71.8 Å². The third-order valence-electron chi connectivity index (χ3n) is 7.17. The average molecular weight is 788 g/mol. The van der Waals surface area contributed by atoms with Crippen molar-refractivity contribution in [2.45, 2.75) is 67.6 Å². The van der Waals surface area contributed by atoms with Crippen LogP contribution in [-0.2, 0) is 22.7 Å². The fourth-order valence-electron chi connectivity index (χ4n) is 4.59. The SMILES string of the molecule is CSc1cc(SC)c(COCC(C)(O)COc2ccc([N+](=O)[O-])c(OCC(C)(O)COCc3c(SC)cc(SC)cc3SC)c2)c(SC)c1. The Bertz CT molecular complexity index is 1510. The molecule has 0 bridgehead atoms. The van der Waals surface area contributed by atoms with Gasteiger partial charge in [-0.3, -0.25) is 10.1 Å². The number of aliphatic hydroxyl groups is 2. The van der Waals surface area contributed by atoms with Crippen molar-refractivity contribution in [3.8, 4) is 11.5 Å². The quantitative estimate of drug-likeness (QED) is 0.0609. The van der Waals surface area contributed by atoms with Crippen molar-refractivity contribution in [1.82, 2.24) is 0 Å². The minimum Gasteiger partial charge on any atom is -0.490 e. The minimum atomic E-state index is -1.44. The number of rotatable bonds is 21. The third-order valence-corrected chi connectivity index (χ3v) is 11.8. The Morgan fingerprint density at radius 1 is 0.633 bits per heavy atom. The van der Waals surface area contributed by atoms with E-state index in [-0.39, 0.29) is 43.6 Å². The first-order valence-electron chi connectivity index (χ1n) is 15.0. The smallest absolute Gasteiger partial charge is 0.311 e. The molecule has 3 rings (SSSR count). The zero-order valence-electron chi connectivity index (χ0n) is 29.0. The highest BCUT2D eigenvalue weighted by molar-refractivity contribution is 8.00. The van der Waals surface area contributed by atoms with E-state index in [0.717, 1.165) is 30.7 Å². The van der Waals surface area contributed by atoms with E-state index in [9.17, 15) is 20.3 Å². The Balaban J connectivity index is 1.60. The van der Waals surface area contributed by atoms with Crippen LogP contribution >= 0.6 is 70.6 Å². The lowest BCUT2D eigenvalue weighted by Gasteiger charge is -2.25. The highest BCUT2D eigenvalue weighted by Gasteiger charge is 2.27. The van der Waals surface area contributed by atoms with E-state index in [0.29, 0.717) is 13.2 Å². The molecule has 2 atom stereocenters. The maximum atomic E-state index is 11.8. The molecule has 0 aliphatic heterocycles. The van der Waals surface area contributed by atoms with Crippen LogP contribution < -0.4 is 9.47 Å². The Labute approximate surface area is 315 Å². The predicted octanol–water partition coefficient (Wildman–Crippen LogP) is 8.62. The number of hydrogen-bond donors (Lipinski definition) is 2. The third kappa shape index (κ3) is 12.7. The summed E-state index contributed by atoms with van der Waals surface area (Å²) in [6.07, 6.45) is 12.2. The number of nitrogens with zero attached hydrogens (tertiary/aromatic N) is 1. The summed E-state index contributed by atoms with van der Waals surface area (Å²) in [4.78, 5) is 18.0. The van der Waals surface area contributed by atoms with E-state index in [1.807, 2.05) is 37.5 Å². The summed E-state index contributed by atoms with van der Waals surface area (Å²) in [5.41, 5.74) is -0.928. The molecule has 49 heavy (non-hydrogen) atoms. The maximum absolute atomic E-state index is 11.8.